The van der Waals surface area contributed by atoms with Gasteiger partial charge >= 0.3 is 5.97 Å². The van der Waals surface area contributed by atoms with Gasteiger partial charge in [-0.2, -0.15) is 0 Å². The van der Waals surface area contributed by atoms with E-state index in [0.29, 0.717) is 23.6 Å². The Balaban J connectivity index is 1.62. The number of pyridine rings is 1. The topological polar surface area (TPSA) is 91.9 Å². The second-order valence-corrected chi connectivity index (χ2v) is 9.58. The zero-order valence-electron chi connectivity index (χ0n) is 20.2. The van der Waals surface area contributed by atoms with Gasteiger partial charge in [-0.25, -0.2) is 0 Å². The van der Waals surface area contributed by atoms with Crippen LogP contribution < -0.4 is 5.56 Å². The number of carbonyl (C=O) groups is 1. The quantitative estimate of drug-likeness (QED) is 0.272. The number of oxime groups is 1. The van der Waals surface area contributed by atoms with Crippen LogP contribution in [-0.4, -0.2) is 26.6 Å². The third-order valence-electron chi connectivity index (χ3n) is 7.39. The standard InChI is InChI=1S/C29H32N2O4/c1-19-5-3-4-6-25(19)26(17-27(30-35)24-15-16-28(32)31(2)18-24)22-11-7-20(8-12-22)21-9-13-23(14-10-21)29(33)34/h3-8,11-12,15-16,18,21,23,26,35H,9-10,13-14,17H2,1-2H3,(H,33,34)/b30-27-. The predicted octanol–water partition coefficient (Wildman–Crippen LogP) is 5.45. The Labute approximate surface area is 205 Å². The summed E-state index contributed by atoms with van der Waals surface area (Å²) in [5.41, 5.74) is 5.79. The Morgan fingerprint density at radius 3 is 2.31 bits per heavy atom. The number of aliphatic carboxylic acids is 1. The molecule has 0 amide bonds. The number of hydrogen-bond acceptors (Lipinski definition) is 4. The van der Waals surface area contributed by atoms with E-state index in [4.69, 9.17) is 0 Å². The number of carboxylic acid groups (broad SMARTS) is 1. The van der Waals surface area contributed by atoms with Gasteiger partial charge in [-0.3, -0.25) is 9.59 Å². The van der Waals surface area contributed by atoms with Crippen LogP contribution in [0.3, 0.4) is 0 Å². The SMILES string of the molecule is Cc1ccccc1C(C/C(=N/O)c1ccc(=O)n(C)c1)c1ccc(C2CCC(C(=O)O)CC2)cc1. The van der Waals surface area contributed by atoms with Crippen LogP contribution in [0.2, 0.25) is 0 Å². The molecular formula is C29H32N2O4. The van der Waals surface area contributed by atoms with E-state index >= 15 is 0 Å². The minimum atomic E-state index is -0.681. The normalized spacial score (nSPS) is 19.3. The van der Waals surface area contributed by atoms with E-state index < -0.39 is 5.97 Å². The molecule has 3 aromatic rings. The van der Waals surface area contributed by atoms with E-state index in [2.05, 4.69) is 48.5 Å². The largest absolute Gasteiger partial charge is 0.481 e. The summed E-state index contributed by atoms with van der Waals surface area (Å²) in [4.78, 5) is 23.1. The maximum absolute atomic E-state index is 11.8. The molecular weight excluding hydrogens is 440 g/mol. The average molecular weight is 473 g/mol. The molecule has 0 aliphatic heterocycles. The van der Waals surface area contributed by atoms with Crippen molar-refractivity contribution >= 4 is 11.7 Å². The van der Waals surface area contributed by atoms with E-state index in [-0.39, 0.29) is 17.4 Å². The van der Waals surface area contributed by atoms with Gasteiger partial charge in [0.25, 0.3) is 0 Å². The lowest BCUT2D eigenvalue weighted by atomic mass is 9.78. The molecule has 1 heterocycles. The lowest BCUT2D eigenvalue weighted by Gasteiger charge is -2.27. The van der Waals surface area contributed by atoms with Crippen LogP contribution in [0, 0.1) is 12.8 Å². The number of aromatic nitrogens is 1. The molecule has 1 aliphatic carbocycles. The lowest BCUT2D eigenvalue weighted by molar-refractivity contribution is -0.142. The number of aryl methyl sites for hydroxylation is 2. The number of hydrogen-bond donors (Lipinski definition) is 2. The third kappa shape index (κ3) is 5.53. The van der Waals surface area contributed by atoms with Crippen molar-refractivity contribution in [2.75, 3.05) is 0 Å². The van der Waals surface area contributed by atoms with Crippen molar-refractivity contribution in [1.29, 1.82) is 0 Å². The van der Waals surface area contributed by atoms with Crippen molar-refractivity contribution in [2.45, 2.75) is 50.9 Å². The first-order valence-corrected chi connectivity index (χ1v) is 12.1. The Morgan fingerprint density at radius 2 is 1.71 bits per heavy atom. The molecule has 1 saturated carbocycles. The average Bonchev–Trinajstić information content (AvgIpc) is 2.87. The van der Waals surface area contributed by atoms with Crippen LogP contribution in [0.1, 0.15) is 71.8 Å². The van der Waals surface area contributed by atoms with Crippen molar-refractivity contribution < 1.29 is 15.1 Å². The first kappa shape index (κ1) is 24.5. The van der Waals surface area contributed by atoms with Gasteiger partial charge in [-0.05, 0) is 66.8 Å². The van der Waals surface area contributed by atoms with Crippen molar-refractivity contribution in [3.63, 3.8) is 0 Å². The van der Waals surface area contributed by atoms with Crippen molar-refractivity contribution in [3.05, 3.63) is 105 Å². The Hall–Kier alpha value is -3.67. The summed E-state index contributed by atoms with van der Waals surface area (Å²) in [5, 5.41) is 22.8. The van der Waals surface area contributed by atoms with Crippen LogP contribution in [0.4, 0.5) is 0 Å². The summed E-state index contributed by atoms with van der Waals surface area (Å²) >= 11 is 0. The van der Waals surface area contributed by atoms with E-state index in [9.17, 15) is 19.9 Å². The first-order chi connectivity index (χ1) is 16.9. The van der Waals surface area contributed by atoms with Gasteiger partial charge in [-0.15, -0.1) is 0 Å². The highest BCUT2D eigenvalue weighted by atomic mass is 16.4. The molecule has 0 spiro atoms. The number of rotatable bonds is 7. The summed E-state index contributed by atoms with van der Waals surface area (Å²) in [7, 11) is 1.68. The molecule has 2 aromatic carbocycles. The second-order valence-electron chi connectivity index (χ2n) is 9.58. The highest BCUT2D eigenvalue weighted by molar-refractivity contribution is 6.00. The molecule has 4 rings (SSSR count). The first-order valence-electron chi connectivity index (χ1n) is 12.1. The van der Waals surface area contributed by atoms with Gasteiger partial charge in [0.15, 0.2) is 0 Å². The molecule has 182 valence electrons. The molecule has 2 N–H and O–H groups in total. The van der Waals surface area contributed by atoms with Crippen molar-refractivity contribution in [1.82, 2.24) is 4.57 Å². The molecule has 1 unspecified atom stereocenters. The summed E-state index contributed by atoms with van der Waals surface area (Å²) in [6.45, 7) is 2.08. The van der Waals surface area contributed by atoms with Gasteiger partial charge in [0.1, 0.15) is 0 Å². The fourth-order valence-corrected chi connectivity index (χ4v) is 5.23. The minimum Gasteiger partial charge on any atom is -0.481 e. The maximum atomic E-state index is 11.8. The van der Waals surface area contributed by atoms with E-state index in [0.717, 1.165) is 42.4 Å². The summed E-state index contributed by atoms with van der Waals surface area (Å²) in [6.07, 6.45) is 5.41. The highest BCUT2D eigenvalue weighted by Gasteiger charge is 2.27. The van der Waals surface area contributed by atoms with Gasteiger partial charge in [0.05, 0.1) is 11.6 Å². The number of carboxylic acids is 1. The maximum Gasteiger partial charge on any atom is 0.306 e. The molecule has 6 nitrogen and oxygen atoms in total. The molecule has 6 heteroatoms. The molecule has 1 fully saturated rings. The van der Waals surface area contributed by atoms with Crippen LogP contribution in [0.25, 0.3) is 0 Å². The number of nitrogens with zero attached hydrogens (tertiary/aromatic N) is 2. The second kappa shape index (κ2) is 10.7. The summed E-state index contributed by atoms with van der Waals surface area (Å²) in [5.74, 6) is -0.544. The fourth-order valence-electron chi connectivity index (χ4n) is 5.23. The van der Waals surface area contributed by atoms with E-state index in [1.807, 2.05) is 12.1 Å². The van der Waals surface area contributed by atoms with E-state index in [1.165, 1.54) is 16.2 Å². The van der Waals surface area contributed by atoms with Gasteiger partial charge in [0, 0.05) is 37.2 Å². The smallest absolute Gasteiger partial charge is 0.306 e. The van der Waals surface area contributed by atoms with Crippen molar-refractivity contribution in [3.8, 4) is 0 Å². The zero-order chi connectivity index (χ0) is 24.9. The van der Waals surface area contributed by atoms with E-state index in [1.54, 1.807) is 19.3 Å². The Morgan fingerprint density at radius 1 is 1.03 bits per heavy atom. The molecule has 35 heavy (non-hydrogen) atoms. The van der Waals surface area contributed by atoms with Crippen LogP contribution >= 0.6 is 0 Å². The molecule has 1 atom stereocenters. The highest BCUT2D eigenvalue weighted by Crippen LogP contribution is 2.37. The lowest BCUT2D eigenvalue weighted by Crippen LogP contribution is -2.20. The van der Waals surface area contributed by atoms with Crippen LogP contribution in [-0.2, 0) is 11.8 Å². The molecule has 0 saturated heterocycles. The Kier molecular flexibility index (Phi) is 7.49. The van der Waals surface area contributed by atoms with Crippen LogP contribution in [0.5, 0.6) is 0 Å². The summed E-state index contributed by atoms with van der Waals surface area (Å²) in [6, 6.07) is 20.0. The van der Waals surface area contributed by atoms with Gasteiger partial charge in [0.2, 0.25) is 5.56 Å². The van der Waals surface area contributed by atoms with Gasteiger partial charge in [-0.1, -0.05) is 53.7 Å². The van der Waals surface area contributed by atoms with Crippen molar-refractivity contribution in [2.24, 2.45) is 18.1 Å². The monoisotopic (exact) mass is 472 g/mol. The molecule has 1 aromatic heterocycles. The number of benzene rings is 2. The third-order valence-corrected chi connectivity index (χ3v) is 7.39. The summed E-state index contributed by atoms with van der Waals surface area (Å²) < 4.78 is 1.48. The Bertz CT molecular complexity index is 1270. The zero-order valence-corrected chi connectivity index (χ0v) is 20.2. The molecule has 0 bridgehead atoms. The molecule has 1 aliphatic rings. The fraction of sp³-hybridized carbons (Fsp3) is 0.345. The molecule has 0 radical (unpaired) electrons. The minimum absolute atomic E-state index is 0.0314. The van der Waals surface area contributed by atoms with Crippen LogP contribution in [0.15, 0.2) is 76.8 Å². The van der Waals surface area contributed by atoms with Gasteiger partial charge < -0.3 is 14.9 Å². The predicted molar refractivity (Wildman–Crippen MR) is 136 cm³/mol.